The number of hydrogen-bond acceptors (Lipinski definition) is 6. The van der Waals surface area contributed by atoms with Gasteiger partial charge in [0.2, 0.25) is 0 Å². The molecule has 0 unspecified atom stereocenters. The van der Waals surface area contributed by atoms with Gasteiger partial charge in [0, 0.05) is 11.6 Å². The van der Waals surface area contributed by atoms with Gasteiger partial charge in [-0.05, 0) is 11.1 Å². The number of hydroxylamine groups is 2. The van der Waals surface area contributed by atoms with Crippen LogP contribution in [0, 0.1) is 0 Å². The molecule has 0 fully saturated rings. The van der Waals surface area contributed by atoms with E-state index in [1.54, 1.807) is 54.6 Å². The zero-order chi connectivity index (χ0) is 18.9. The molecule has 0 bridgehead atoms. The van der Waals surface area contributed by atoms with Crippen molar-refractivity contribution in [3.8, 4) is 0 Å². The number of ether oxygens (including phenoxy) is 1. The number of hydrazine groups is 1. The number of nitrogens with one attached hydrogen (secondary N) is 1. The summed E-state index contributed by atoms with van der Waals surface area (Å²) in [4.78, 5) is 40.5. The summed E-state index contributed by atoms with van der Waals surface area (Å²) in [6.45, 7) is -0.0955. The molecule has 0 saturated heterocycles. The number of benzene rings is 2. The van der Waals surface area contributed by atoms with Crippen LogP contribution >= 0.6 is 11.6 Å². The normalized spacial score (nSPS) is 11.2. The number of halogens is 1. The van der Waals surface area contributed by atoms with E-state index < -0.39 is 23.5 Å². The third-order valence-electron chi connectivity index (χ3n) is 3.30. The molecule has 26 heavy (non-hydrogen) atoms. The topological polar surface area (TPSA) is 111 Å². The van der Waals surface area contributed by atoms with Gasteiger partial charge < -0.3 is 9.57 Å². The molecule has 2 rings (SSSR count). The molecule has 136 valence electrons. The van der Waals surface area contributed by atoms with Gasteiger partial charge in [0.1, 0.15) is 6.61 Å². The van der Waals surface area contributed by atoms with Crippen LogP contribution in [0.1, 0.15) is 17.2 Å². The van der Waals surface area contributed by atoms with Crippen LogP contribution in [0.2, 0.25) is 0 Å². The van der Waals surface area contributed by atoms with Crippen molar-refractivity contribution in [3.05, 3.63) is 71.8 Å². The summed E-state index contributed by atoms with van der Waals surface area (Å²) in [5, 5.41) is 0.440. The van der Waals surface area contributed by atoms with E-state index >= 15 is 0 Å². The predicted molar refractivity (Wildman–Crippen MR) is 92.3 cm³/mol. The highest BCUT2D eigenvalue weighted by atomic mass is 35.5. The van der Waals surface area contributed by atoms with Crippen LogP contribution in [0.4, 0.5) is 9.59 Å². The molecule has 0 aliphatic rings. The van der Waals surface area contributed by atoms with Crippen molar-refractivity contribution in [2.75, 3.05) is 0 Å². The summed E-state index contributed by atoms with van der Waals surface area (Å²) in [5.41, 5.74) is 1.65. The van der Waals surface area contributed by atoms with E-state index in [1.807, 2.05) is 11.5 Å². The summed E-state index contributed by atoms with van der Waals surface area (Å²) < 4.78 is 5.12. The maximum atomic E-state index is 12.4. The smallest absolute Gasteiger partial charge is 0.442 e. The minimum absolute atomic E-state index is 0.0955. The van der Waals surface area contributed by atoms with E-state index in [-0.39, 0.29) is 6.61 Å². The fraction of sp³-hybridized carbons (Fsp3) is 0.118. The predicted octanol–water partition coefficient (Wildman–Crippen LogP) is 2.65. The Hall–Kier alpha value is -3.10. The molecule has 0 heterocycles. The molecule has 0 aliphatic carbocycles. The van der Waals surface area contributed by atoms with Crippen LogP contribution in [0.5, 0.6) is 0 Å². The number of carbonyl (C=O) groups excluding carboxylic acids is 3. The standard InChI is InChI=1S/C17H16ClN3O5/c18-16(23)26-21(17(24)25-11-12-7-3-1-4-8-12)14(15(22)20-19)13-9-5-2-6-10-13/h1-10,14H,11,19H2,(H,20,22)/t14-/m0/s1. The van der Waals surface area contributed by atoms with Gasteiger partial charge in [-0.15, -0.1) is 5.06 Å². The minimum atomic E-state index is -1.38. The lowest BCUT2D eigenvalue weighted by molar-refractivity contribution is -0.145. The Balaban J connectivity index is 2.25. The first-order valence-electron chi connectivity index (χ1n) is 7.45. The largest absolute Gasteiger partial charge is 0.444 e. The van der Waals surface area contributed by atoms with E-state index in [4.69, 9.17) is 27.0 Å². The van der Waals surface area contributed by atoms with Gasteiger partial charge >= 0.3 is 11.5 Å². The average molecular weight is 378 g/mol. The van der Waals surface area contributed by atoms with Gasteiger partial charge in [0.15, 0.2) is 6.04 Å². The quantitative estimate of drug-likeness (QED) is 0.358. The van der Waals surface area contributed by atoms with Crippen LogP contribution in [-0.4, -0.2) is 22.5 Å². The first kappa shape index (κ1) is 19.2. The van der Waals surface area contributed by atoms with Crippen LogP contribution in [0.15, 0.2) is 60.7 Å². The molecule has 2 amide bonds. The van der Waals surface area contributed by atoms with Crippen LogP contribution in [0.3, 0.4) is 0 Å². The van der Waals surface area contributed by atoms with E-state index in [0.29, 0.717) is 16.2 Å². The molecule has 2 aromatic rings. The number of amides is 2. The van der Waals surface area contributed by atoms with E-state index in [9.17, 15) is 14.4 Å². The van der Waals surface area contributed by atoms with E-state index in [1.165, 1.54) is 0 Å². The Morgan fingerprint density at radius 3 is 2.15 bits per heavy atom. The van der Waals surface area contributed by atoms with Gasteiger partial charge in [-0.25, -0.2) is 15.4 Å². The lowest BCUT2D eigenvalue weighted by Gasteiger charge is -2.27. The number of nitrogens with zero attached hydrogens (tertiary/aromatic N) is 1. The number of nitrogens with two attached hydrogens (primary N) is 1. The zero-order valence-corrected chi connectivity index (χ0v) is 14.3. The number of carbonyl (C=O) groups is 3. The molecule has 0 saturated carbocycles. The number of rotatable bonds is 5. The Bertz CT molecular complexity index is 758. The van der Waals surface area contributed by atoms with E-state index in [0.717, 1.165) is 0 Å². The molecule has 1 atom stereocenters. The lowest BCUT2D eigenvalue weighted by Crippen LogP contribution is -2.46. The van der Waals surface area contributed by atoms with Gasteiger partial charge in [-0.2, -0.15) is 0 Å². The average Bonchev–Trinajstić information content (AvgIpc) is 2.66. The lowest BCUT2D eigenvalue weighted by atomic mass is 10.1. The monoisotopic (exact) mass is 377 g/mol. The summed E-state index contributed by atoms with van der Waals surface area (Å²) in [7, 11) is 0. The van der Waals surface area contributed by atoms with Crippen LogP contribution < -0.4 is 11.3 Å². The maximum absolute atomic E-state index is 12.4. The molecule has 8 nitrogen and oxygen atoms in total. The summed E-state index contributed by atoms with van der Waals surface area (Å²) in [6.07, 6.45) is -1.08. The molecule has 9 heteroatoms. The molecule has 0 spiro atoms. The third kappa shape index (κ3) is 5.20. The second-order valence-electron chi connectivity index (χ2n) is 5.02. The SMILES string of the molecule is NNC(=O)[C@H](c1ccccc1)N(OC(=O)Cl)C(=O)OCc1ccccc1. The van der Waals surface area contributed by atoms with Crippen LogP contribution in [0.25, 0.3) is 0 Å². The molecule has 0 aliphatic heterocycles. The summed E-state index contributed by atoms with van der Waals surface area (Å²) >= 11 is 5.24. The van der Waals surface area contributed by atoms with Gasteiger partial charge in [0.25, 0.3) is 5.91 Å². The maximum Gasteiger partial charge on any atom is 0.444 e. The van der Waals surface area contributed by atoms with Crippen LogP contribution in [-0.2, 0) is 21.0 Å². The van der Waals surface area contributed by atoms with Crippen molar-refractivity contribution < 1.29 is 24.0 Å². The van der Waals surface area contributed by atoms with Crippen molar-refractivity contribution in [3.63, 3.8) is 0 Å². The fourth-order valence-corrected chi connectivity index (χ4v) is 2.24. The highest BCUT2D eigenvalue weighted by molar-refractivity contribution is 6.61. The molecule has 2 aromatic carbocycles. The second-order valence-corrected chi connectivity index (χ2v) is 5.33. The summed E-state index contributed by atoms with van der Waals surface area (Å²) in [5.74, 6) is 4.39. The van der Waals surface area contributed by atoms with Gasteiger partial charge in [-0.3, -0.25) is 10.2 Å². The number of hydrogen-bond donors (Lipinski definition) is 2. The van der Waals surface area contributed by atoms with Gasteiger partial charge in [-0.1, -0.05) is 60.7 Å². The molecule has 0 aromatic heterocycles. The van der Waals surface area contributed by atoms with Crippen molar-refractivity contribution in [2.45, 2.75) is 12.6 Å². The second kappa shape index (κ2) is 9.40. The highest BCUT2D eigenvalue weighted by Gasteiger charge is 2.35. The fourth-order valence-electron chi connectivity index (χ4n) is 2.16. The Kier molecular flexibility index (Phi) is 6.95. The Morgan fingerprint density at radius 1 is 1.04 bits per heavy atom. The van der Waals surface area contributed by atoms with Gasteiger partial charge in [0.05, 0.1) is 0 Å². The highest BCUT2D eigenvalue weighted by Crippen LogP contribution is 2.23. The zero-order valence-electron chi connectivity index (χ0n) is 13.5. The van der Waals surface area contributed by atoms with Crippen molar-refractivity contribution >= 4 is 29.0 Å². The molecular weight excluding hydrogens is 362 g/mol. The minimum Gasteiger partial charge on any atom is -0.442 e. The first-order valence-corrected chi connectivity index (χ1v) is 7.83. The van der Waals surface area contributed by atoms with Crippen molar-refractivity contribution in [2.24, 2.45) is 5.84 Å². The Labute approximate surface area is 154 Å². The van der Waals surface area contributed by atoms with Crippen molar-refractivity contribution in [1.29, 1.82) is 0 Å². The first-order chi connectivity index (χ1) is 12.5. The molecular formula is C17H16ClN3O5. The van der Waals surface area contributed by atoms with E-state index in [2.05, 4.69) is 0 Å². The molecule has 3 N–H and O–H groups in total. The van der Waals surface area contributed by atoms with Crippen molar-refractivity contribution in [1.82, 2.24) is 10.5 Å². The Morgan fingerprint density at radius 2 is 1.62 bits per heavy atom. The summed E-state index contributed by atoms with van der Waals surface area (Å²) in [6, 6.07) is 15.6. The third-order valence-corrected chi connectivity index (χ3v) is 3.36. The molecule has 0 radical (unpaired) electrons.